The summed E-state index contributed by atoms with van der Waals surface area (Å²) in [6, 6.07) is 8.47. The third-order valence-corrected chi connectivity index (χ3v) is 3.90. The van der Waals surface area contributed by atoms with E-state index in [1.165, 1.54) is 10.6 Å². The van der Waals surface area contributed by atoms with Gasteiger partial charge in [-0.3, -0.25) is 0 Å². The van der Waals surface area contributed by atoms with Crippen molar-refractivity contribution >= 4 is 11.3 Å². The second-order valence-corrected chi connectivity index (χ2v) is 5.14. The second kappa shape index (κ2) is 5.98. The molecule has 0 aliphatic heterocycles. The van der Waals surface area contributed by atoms with Gasteiger partial charge in [-0.1, -0.05) is 12.1 Å². The van der Waals surface area contributed by atoms with Gasteiger partial charge in [-0.15, -0.1) is 11.3 Å². The summed E-state index contributed by atoms with van der Waals surface area (Å²) in [6.07, 6.45) is 0.918. The van der Waals surface area contributed by atoms with E-state index in [-0.39, 0.29) is 0 Å². The van der Waals surface area contributed by atoms with Crippen LogP contribution in [0.25, 0.3) is 0 Å². The monoisotopic (exact) mass is 262 g/mol. The summed E-state index contributed by atoms with van der Waals surface area (Å²) in [5.41, 5.74) is 2.35. The first kappa shape index (κ1) is 13.1. The van der Waals surface area contributed by atoms with Crippen molar-refractivity contribution in [3.05, 3.63) is 45.9 Å². The Morgan fingerprint density at radius 3 is 2.56 bits per heavy atom. The molecule has 2 rings (SSSR count). The van der Waals surface area contributed by atoms with E-state index in [0.29, 0.717) is 6.04 Å². The number of aromatic nitrogens is 1. The van der Waals surface area contributed by atoms with E-state index in [1.807, 2.05) is 26.1 Å². The van der Waals surface area contributed by atoms with Crippen LogP contribution in [-0.2, 0) is 6.42 Å². The van der Waals surface area contributed by atoms with Gasteiger partial charge in [0, 0.05) is 23.5 Å². The lowest BCUT2D eigenvalue weighted by Gasteiger charge is -2.15. The van der Waals surface area contributed by atoms with E-state index in [0.717, 1.165) is 17.9 Å². The van der Waals surface area contributed by atoms with Crippen LogP contribution in [0, 0.1) is 6.92 Å². The van der Waals surface area contributed by atoms with E-state index in [4.69, 9.17) is 4.74 Å². The number of benzene rings is 1. The molecule has 1 aromatic carbocycles. The Morgan fingerprint density at radius 1 is 1.33 bits per heavy atom. The summed E-state index contributed by atoms with van der Waals surface area (Å²) in [6.45, 7) is 2.03. The second-order valence-electron chi connectivity index (χ2n) is 4.20. The molecule has 0 aliphatic rings. The lowest BCUT2D eigenvalue weighted by Crippen LogP contribution is -2.18. The summed E-state index contributed by atoms with van der Waals surface area (Å²) in [4.78, 5) is 4.51. The lowest BCUT2D eigenvalue weighted by atomic mass is 10.0. The maximum atomic E-state index is 5.17. The highest BCUT2D eigenvalue weighted by Crippen LogP contribution is 2.22. The number of hydrogen-bond acceptors (Lipinski definition) is 4. The average molecular weight is 262 g/mol. The summed E-state index contributed by atoms with van der Waals surface area (Å²) in [5.74, 6) is 0.888. The fraction of sp³-hybridized carbons (Fsp3) is 0.357. The molecule has 1 heterocycles. The van der Waals surface area contributed by atoms with Crippen molar-refractivity contribution < 1.29 is 4.74 Å². The van der Waals surface area contributed by atoms with Gasteiger partial charge in [-0.25, -0.2) is 4.98 Å². The van der Waals surface area contributed by atoms with E-state index in [9.17, 15) is 0 Å². The highest BCUT2D eigenvalue weighted by Gasteiger charge is 2.12. The fourth-order valence-electron chi connectivity index (χ4n) is 1.89. The minimum Gasteiger partial charge on any atom is -0.497 e. The van der Waals surface area contributed by atoms with Crippen LogP contribution in [0.2, 0.25) is 0 Å². The summed E-state index contributed by atoms with van der Waals surface area (Å²) in [7, 11) is 3.66. The maximum Gasteiger partial charge on any atom is 0.118 e. The normalized spacial score (nSPS) is 12.4. The molecule has 18 heavy (non-hydrogen) atoms. The molecule has 0 spiro atoms. The molecule has 96 valence electrons. The standard InChI is InChI=1S/C14H18N2OS/c1-10-9-18-14(16-10)8-13(15-2)11-4-6-12(17-3)7-5-11/h4-7,9,13,15H,8H2,1-3H3. The Bertz CT molecular complexity index is 493. The van der Waals surface area contributed by atoms with E-state index in [2.05, 4.69) is 27.8 Å². The number of nitrogens with zero attached hydrogens (tertiary/aromatic N) is 1. The summed E-state index contributed by atoms with van der Waals surface area (Å²) in [5, 5.41) is 6.60. The van der Waals surface area contributed by atoms with Gasteiger partial charge in [0.2, 0.25) is 0 Å². The smallest absolute Gasteiger partial charge is 0.118 e. The molecule has 0 saturated heterocycles. The van der Waals surface area contributed by atoms with Crippen LogP contribution in [0.3, 0.4) is 0 Å². The zero-order valence-corrected chi connectivity index (χ0v) is 11.8. The Balaban J connectivity index is 2.12. The fourth-order valence-corrected chi connectivity index (χ4v) is 2.71. The number of aryl methyl sites for hydroxylation is 1. The SMILES string of the molecule is CNC(Cc1nc(C)cs1)c1ccc(OC)cc1. The minimum absolute atomic E-state index is 0.293. The van der Waals surface area contributed by atoms with Crippen molar-refractivity contribution in [3.8, 4) is 5.75 Å². The molecular formula is C14H18N2OS. The van der Waals surface area contributed by atoms with Crippen molar-refractivity contribution in [1.82, 2.24) is 10.3 Å². The molecule has 3 nitrogen and oxygen atoms in total. The highest BCUT2D eigenvalue weighted by atomic mass is 32.1. The van der Waals surface area contributed by atoms with Crippen LogP contribution < -0.4 is 10.1 Å². The van der Waals surface area contributed by atoms with Gasteiger partial charge in [0.05, 0.1) is 12.1 Å². The Kier molecular flexibility index (Phi) is 4.33. The Morgan fingerprint density at radius 2 is 2.06 bits per heavy atom. The molecule has 0 radical (unpaired) electrons. The van der Waals surface area contributed by atoms with Gasteiger partial charge in [-0.05, 0) is 31.7 Å². The predicted octanol–water partition coefficient (Wildman–Crippen LogP) is 2.96. The van der Waals surface area contributed by atoms with Crippen molar-refractivity contribution in [2.45, 2.75) is 19.4 Å². The number of rotatable bonds is 5. The Labute approximate surface area is 112 Å². The van der Waals surface area contributed by atoms with Gasteiger partial charge in [0.1, 0.15) is 5.75 Å². The quantitative estimate of drug-likeness (QED) is 0.899. The molecule has 2 aromatic rings. The number of likely N-dealkylation sites (N-methyl/N-ethyl adjacent to an activating group) is 1. The third kappa shape index (κ3) is 3.09. The van der Waals surface area contributed by atoms with Crippen molar-refractivity contribution in [2.24, 2.45) is 0 Å². The van der Waals surface area contributed by atoms with Crippen molar-refractivity contribution in [3.63, 3.8) is 0 Å². The molecule has 0 fully saturated rings. The first-order chi connectivity index (χ1) is 8.72. The van der Waals surface area contributed by atoms with Crippen LogP contribution in [0.1, 0.15) is 22.3 Å². The maximum absolute atomic E-state index is 5.17. The van der Waals surface area contributed by atoms with Gasteiger partial charge in [0.25, 0.3) is 0 Å². The number of nitrogens with one attached hydrogen (secondary N) is 1. The first-order valence-electron chi connectivity index (χ1n) is 5.95. The van der Waals surface area contributed by atoms with Gasteiger partial charge >= 0.3 is 0 Å². The topological polar surface area (TPSA) is 34.2 Å². The minimum atomic E-state index is 0.293. The van der Waals surface area contributed by atoms with Gasteiger partial charge in [0.15, 0.2) is 0 Å². The lowest BCUT2D eigenvalue weighted by molar-refractivity contribution is 0.414. The summed E-state index contributed by atoms with van der Waals surface area (Å²) >= 11 is 1.72. The molecule has 0 aliphatic carbocycles. The van der Waals surface area contributed by atoms with Gasteiger partial charge < -0.3 is 10.1 Å². The zero-order valence-electron chi connectivity index (χ0n) is 10.9. The van der Waals surface area contributed by atoms with Crippen LogP contribution in [0.15, 0.2) is 29.6 Å². The number of hydrogen-bond donors (Lipinski definition) is 1. The van der Waals surface area contributed by atoms with E-state index in [1.54, 1.807) is 18.4 Å². The highest BCUT2D eigenvalue weighted by molar-refractivity contribution is 7.09. The van der Waals surface area contributed by atoms with E-state index < -0.39 is 0 Å². The predicted molar refractivity (Wildman–Crippen MR) is 75.3 cm³/mol. The number of ether oxygens (including phenoxy) is 1. The van der Waals surface area contributed by atoms with Crippen LogP contribution in [-0.4, -0.2) is 19.1 Å². The molecule has 1 unspecified atom stereocenters. The first-order valence-corrected chi connectivity index (χ1v) is 6.83. The molecule has 0 saturated carbocycles. The molecule has 0 bridgehead atoms. The molecule has 0 amide bonds. The van der Waals surface area contributed by atoms with Crippen LogP contribution in [0.4, 0.5) is 0 Å². The number of methoxy groups -OCH3 is 1. The average Bonchev–Trinajstić information content (AvgIpc) is 2.82. The molecular weight excluding hydrogens is 244 g/mol. The van der Waals surface area contributed by atoms with Crippen LogP contribution >= 0.6 is 11.3 Å². The molecule has 1 aromatic heterocycles. The van der Waals surface area contributed by atoms with Crippen molar-refractivity contribution in [2.75, 3.05) is 14.2 Å². The zero-order chi connectivity index (χ0) is 13.0. The molecule has 1 atom stereocenters. The largest absolute Gasteiger partial charge is 0.497 e. The van der Waals surface area contributed by atoms with E-state index >= 15 is 0 Å². The van der Waals surface area contributed by atoms with Crippen molar-refractivity contribution in [1.29, 1.82) is 0 Å². The number of thiazole rings is 1. The summed E-state index contributed by atoms with van der Waals surface area (Å²) < 4.78 is 5.17. The Hall–Kier alpha value is -1.39. The van der Waals surface area contributed by atoms with Crippen LogP contribution in [0.5, 0.6) is 5.75 Å². The third-order valence-electron chi connectivity index (χ3n) is 2.91. The van der Waals surface area contributed by atoms with Gasteiger partial charge in [-0.2, -0.15) is 0 Å². The molecule has 4 heteroatoms. The molecule has 1 N–H and O–H groups in total.